The second kappa shape index (κ2) is 6.27. The molecule has 116 valence electrons. The van der Waals surface area contributed by atoms with Gasteiger partial charge in [-0.2, -0.15) is 0 Å². The molecule has 2 aliphatic rings. The van der Waals surface area contributed by atoms with Gasteiger partial charge in [-0.3, -0.25) is 0 Å². The van der Waals surface area contributed by atoms with Crippen LogP contribution in [0.25, 0.3) is 0 Å². The molecule has 1 aromatic carbocycles. The van der Waals surface area contributed by atoms with Crippen molar-refractivity contribution >= 4 is 0 Å². The Morgan fingerprint density at radius 3 is 2.81 bits per heavy atom. The summed E-state index contributed by atoms with van der Waals surface area (Å²) in [5, 5.41) is 3.68. The zero-order chi connectivity index (χ0) is 14.8. The van der Waals surface area contributed by atoms with Crippen molar-refractivity contribution in [2.75, 3.05) is 7.11 Å². The van der Waals surface area contributed by atoms with Crippen molar-refractivity contribution in [3.63, 3.8) is 0 Å². The van der Waals surface area contributed by atoms with Crippen LogP contribution in [0.4, 0.5) is 0 Å². The molecule has 1 N–H and O–H groups in total. The first-order chi connectivity index (χ1) is 10.2. The third-order valence-corrected chi connectivity index (χ3v) is 5.02. The topological polar surface area (TPSA) is 30.5 Å². The molecule has 0 saturated heterocycles. The Bertz CT molecular complexity index is 494. The second-order valence-corrected chi connectivity index (χ2v) is 6.62. The van der Waals surface area contributed by atoms with E-state index in [1.54, 1.807) is 7.11 Å². The van der Waals surface area contributed by atoms with Crippen molar-refractivity contribution in [3.8, 4) is 11.5 Å². The van der Waals surface area contributed by atoms with Crippen LogP contribution < -0.4 is 14.8 Å². The predicted molar refractivity (Wildman–Crippen MR) is 85.0 cm³/mol. The van der Waals surface area contributed by atoms with Gasteiger partial charge in [-0.05, 0) is 44.7 Å². The molecule has 1 fully saturated rings. The quantitative estimate of drug-likeness (QED) is 0.897. The fourth-order valence-electron chi connectivity index (χ4n) is 3.70. The number of hydrogen-bond acceptors (Lipinski definition) is 3. The van der Waals surface area contributed by atoms with E-state index in [0.29, 0.717) is 6.04 Å². The Morgan fingerprint density at radius 2 is 2.10 bits per heavy atom. The zero-order valence-electron chi connectivity index (χ0n) is 13.4. The van der Waals surface area contributed by atoms with Crippen molar-refractivity contribution in [3.05, 3.63) is 23.3 Å². The van der Waals surface area contributed by atoms with Gasteiger partial charge in [-0.1, -0.05) is 12.8 Å². The summed E-state index contributed by atoms with van der Waals surface area (Å²) in [4.78, 5) is 0. The molecule has 21 heavy (non-hydrogen) atoms. The molecule has 2 atom stereocenters. The molecule has 1 aromatic rings. The van der Waals surface area contributed by atoms with Crippen LogP contribution in [0.3, 0.4) is 0 Å². The van der Waals surface area contributed by atoms with Gasteiger partial charge in [0.1, 0.15) is 17.6 Å². The lowest BCUT2D eigenvalue weighted by molar-refractivity contribution is 0.254. The average Bonchev–Trinajstić information content (AvgIpc) is 3.11. The van der Waals surface area contributed by atoms with Gasteiger partial charge in [-0.25, -0.2) is 0 Å². The summed E-state index contributed by atoms with van der Waals surface area (Å²) in [6.45, 7) is 5.28. The SMILES string of the molecule is COc1cc2c(cc1CNC(C)C1CCCC1)OC(C)C2. The molecule has 3 heteroatoms. The normalized spacial score (nSPS) is 22.9. The molecule has 0 radical (unpaired) electrons. The van der Waals surface area contributed by atoms with Gasteiger partial charge in [0.25, 0.3) is 0 Å². The molecular weight excluding hydrogens is 262 g/mol. The summed E-state index contributed by atoms with van der Waals surface area (Å²) in [5.41, 5.74) is 2.47. The average molecular weight is 289 g/mol. The van der Waals surface area contributed by atoms with Gasteiger partial charge in [0.15, 0.2) is 0 Å². The van der Waals surface area contributed by atoms with Crippen LogP contribution in [0.5, 0.6) is 11.5 Å². The lowest BCUT2D eigenvalue weighted by Crippen LogP contribution is -2.31. The van der Waals surface area contributed by atoms with E-state index in [-0.39, 0.29) is 6.10 Å². The molecule has 2 unspecified atom stereocenters. The number of hydrogen-bond donors (Lipinski definition) is 1. The van der Waals surface area contributed by atoms with E-state index in [2.05, 4.69) is 31.3 Å². The van der Waals surface area contributed by atoms with Crippen LogP contribution in [-0.4, -0.2) is 19.3 Å². The molecule has 0 amide bonds. The zero-order valence-corrected chi connectivity index (χ0v) is 13.4. The summed E-state index contributed by atoms with van der Waals surface area (Å²) in [5.74, 6) is 2.85. The van der Waals surface area contributed by atoms with E-state index >= 15 is 0 Å². The molecule has 1 saturated carbocycles. The molecule has 1 heterocycles. The minimum atomic E-state index is 0.283. The first kappa shape index (κ1) is 14.7. The van der Waals surface area contributed by atoms with Gasteiger partial charge in [0.2, 0.25) is 0 Å². The summed E-state index contributed by atoms with van der Waals surface area (Å²) in [7, 11) is 1.75. The molecular formula is C18H27NO2. The van der Waals surface area contributed by atoms with E-state index in [1.165, 1.54) is 36.8 Å². The highest BCUT2D eigenvalue weighted by Crippen LogP contribution is 2.35. The maximum atomic E-state index is 5.87. The molecule has 1 aliphatic heterocycles. The number of ether oxygens (including phenoxy) is 2. The lowest BCUT2D eigenvalue weighted by Gasteiger charge is -2.21. The molecule has 3 nitrogen and oxygen atoms in total. The van der Waals surface area contributed by atoms with Gasteiger partial charge in [-0.15, -0.1) is 0 Å². The minimum Gasteiger partial charge on any atom is -0.496 e. The predicted octanol–water partition coefficient (Wildman–Crippen LogP) is 3.69. The first-order valence-corrected chi connectivity index (χ1v) is 8.27. The van der Waals surface area contributed by atoms with E-state index in [4.69, 9.17) is 9.47 Å². The number of fused-ring (bicyclic) bond motifs is 1. The Labute approximate surface area is 128 Å². The largest absolute Gasteiger partial charge is 0.496 e. The summed E-state index contributed by atoms with van der Waals surface area (Å²) < 4.78 is 11.4. The Morgan fingerprint density at radius 1 is 1.33 bits per heavy atom. The number of benzene rings is 1. The van der Waals surface area contributed by atoms with Gasteiger partial charge >= 0.3 is 0 Å². The number of nitrogens with one attached hydrogen (secondary N) is 1. The first-order valence-electron chi connectivity index (χ1n) is 8.27. The smallest absolute Gasteiger partial charge is 0.123 e. The van der Waals surface area contributed by atoms with Crippen molar-refractivity contribution < 1.29 is 9.47 Å². The van der Waals surface area contributed by atoms with Crippen LogP contribution in [0, 0.1) is 5.92 Å². The van der Waals surface area contributed by atoms with Crippen molar-refractivity contribution in [2.45, 2.75) is 64.6 Å². The maximum absolute atomic E-state index is 5.87. The lowest BCUT2D eigenvalue weighted by atomic mass is 9.99. The van der Waals surface area contributed by atoms with Crippen LogP contribution in [-0.2, 0) is 13.0 Å². The number of methoxy groups -OCH3 is 1. The fourth-order valence-corrected chi connectivity index (χ4v) is 3.70. The van der Waals surface area contributed by atoms with E-state index < -0.39 is 0 Å². The summed E-state index contributed by atoms with van der Waals surface area (Å²) in [6.07, 6.45) is 6.80. The summed E-state index contributed by atoms with van der Waals surface area (Å²) in [6, 6.07) is 4.88. The van der Waals surface area contributed by atoms with E-state index in [9.17, 15) is 0 Å². The molecule has 0 bridgehead atoms. The molecule has 0 spiro atoms. The van der Waals surface area contributed by atoms with E-state index in [0.717, 1.165) is 30.4 Å². The van der Waals surface area contributed by atoms with Crippen LogP contribution >= 0.6 is 0 Å². The van der Waals surface area contributed by atoms with E-state index in [1.807, 2.05) is 0 Å². The number of rotatable bonds is 5. The van der Waals surface area contributed by atoms with Crippen LogP contribution in [0.2, 0.25) is 0 Å². The molecule has 3 rings (SSSR count). The minimum absolute atomic E-state index is 0.283. The highest BCUT2D eigenvalue weighted by Gasteiger charge is 2.23. The highest BCUT2D eigenvalue weighted by atomic mass is 16.5. The van der Waals surface area contributed by atoms with Crippen molar-refractivity contribution in [1.29, 1.82) is 0 Å². The Balaban J connectivity index is 1.68. The maximum Gasteiger partial charge on any atom is 0.123 e. The molecule has 0 aromatic heterocycles. The standard InChI is InChI=1S/C18H27NO2/c1-12-8-15-9-17(20-3)16(10-18(15)21-12)11-19-13(2)14-6-4-5-7-14/h9-10,12-14,19H,4-8,11H2,1-3H3. The van der Waals surface area contributed by atoms with Crippen molar-refractivity contribution in [1.82, 2.24) is 5.32 Å². The van der Waals surface area contributed by atoms with Gasteiger partial charge < -0.3 is 14.8 Å². The van der Waals surface area contributed by atoms with Gasteiger partial charge in [0, 0.05) is 30.1 Å². The monoisotopic (exact) mass is 289 g/mol. The van der Waals surface area contributed by atoms with Crippen molar-refractivity contribution in [2.24, 2.45) is 5.92 Å². The third kappa shape index (κ3) is 3.18. The van der Waals surface area contributed by atoms with Crippen LogP contribution in [0.1, 0.15) is 50.7 Å². The highest BCUT2D eigenvalue weighted by molar-refractivity contribution is 5.48. The third-order valence-electron chi connectivity index (χ3n) is 5.02. The van der Waals surface area contributed by atoms with Crippen LogP contribution in [0.15, 0.2) is 12.1 Å². The summed E-state index contributed by atoms with van der Waals surface area (Å²) >= 11 is 0. The second-order valence-electron chi connectivity index (χ2n) is 6.62. The Kier molecular flexibility index (Phi) is 4.39. The fraction of sp³-hybridized carbons (Fsp3) is 0.667. The Hall–Kier alpha value is -1.22. The van der Waals surface area contributed by atoms with Gasteiger partial charge in [0.05, 0.1) is 7.11 Å². The molecule has 1 aliphatic carbocycles.